The zero-order valence-corrected chi connectivity index (χ0v) is 11.1. The van der Waals surface area contributed by atoms with E-state index in [0.29, 0.717) is 17.0 Å². The van der Waals surface area contributed by atoms with Gasteiger partial charge in [0, 0.05) is 22.6 Å². The van der Waals surface area contributed by atoms with Crippen LogP contribution in [0.3, 0.4) is 0 Å². The molecular formula is C13H21NOS. The van der Waals surface area contributed by atoms with E-state index in [1.54, 1.807) is 7.11 Å². The van der Waals surface area contributed by atoms with Crippen LogP contribution in [-0.4, -0.2) is 18.9 Å². The van der Waals surface area contributed by atoms with E-state index in [1.807, 2.05) is 30.0 Å². The maximum absolute atomic E-state index is 5.85. The first-order valence-electron chi connectivity index (χ1n) is 5.71. The molecule has 0 saturated carbocycles. The molecule has 2 N–H and O–H groups in total. The minimum Gasteiger partial charge on any atom is -0.496 e. The first kappa shape index (κ1) is 13.4. The van der Waals surface area contributed by atoms with Gasteiger partial charge in [0.25, 0.3) is 0 Å². The van der Waals surface area contributed by atoms with Crippen LogP contribution < -0.4 is 10.5 Å². The molecule has 0 aliphatic rings. The molecule has 2 nitrogen and oxygen atoms in total. The van der Waals surface area contributed by atoms with E-state index in [1.165, 1.54) is 5.56 Å². The fourth-order valence-corrected chi connectivity index (χ4v) is 2.77. The van der Waals surface area contributed by atoms with Gasteiger partial charge in [-0.1, -0.05) is 32.0 Å². The summed E-state index contributed by atoms with van der Waals surface area (Å²) in [6.07, 6.45) is 1.16. The SMILES string of the molecule is CCC(C)SC(CN)c1ccccc1OC. The van der Waals surface area contributed by atoms with Gasteiger partial charge in [-0.15, -0.1) is 11.8 Å². The number of benzene rings is 1. The highest BCUT2D eigenvalue weighted by molar-refractivity contribution is 8.00. The topological polar surface area (TPSA) is 35.2 Å². The van der Waals surface area contributed by atoms with Crippen molar-refractivity contribution in [1.29, 1.82) is 0 Å². The quantitative estimate of drug-likeness (QED) is 0.828. The summed E-state index contributed by atoms with van der Waals surface area (Å²) in [5.41, 5.74) is 7.06. The van der Waals surface area contributed by atoms with E-state index in [2.05, 4.69) is 19.9 Å². The van der Waals surface area contributed by atoms with Crippen molar-refractivity contribution in [3.8, 4) is 5.75 Å². The first-order valence-corrected chi connectivity index (χ1v) is 6.65. The molecule has 1 aromatic rings. The van der Waals surface area contributed by atoms with Crippen molar-refractivity contribution < 1.29 is 4.74 Å². The lowest BCUT2D eigenvalue weighted by Gasteiger charge is -2.20. The van der Waals surface area contributed by atoms with Gasteiger partial charge in [0.2, 0.25) is 0 Å². The van der Waals surface area contributed by atoms with E-state index in [-0.39, 0.29) is 0 Å². The second-order valence-electron chi connectivity index (χ2n) is 3.82. The van der Waals surface area contributed by atoms with Crippen molar-refractivity contribution in [2.75, 3.05) is 13.7 Å². The van der Waals surface area contributed by atoms with E-state index in [0.717, 1.165) is 12.2 Å². The molecule has 1 aromatic carbocycles. The number of rotatable bonds is 6. The number of methoxy groups -OCH3 is 1. The van der Waals surface area contributed by atoms with E-state index < -0.39 is 0 Å². The third-order valence-electron chi connectivity index (χ3n) is 2.67. The van der Waals surface area contributed by atoms with Gasteiger partial charge in [-0.2, -0.15) is 0 Å². The zero-order valence-electron chi connectivity index (χ0n) is 10.3. The Bertz CT molecular complexity index is 317. The molecular weight excluding hydrogens is 218 g/mol. The summed E-state index contributed by atoms with van der Waals surface area (Å²) in [7, 11) is 1.71. The summed E-state index contributed by atoms with van der Waals surface area (Å²) in [5.74, 6) is 0.939. The predicted octanol–water partition coefficient (Wildman–Crippen LogP) is 3.23. The molecule has 0 fully saturated rings. The lowest BCUT2D eigenvalue weighted by molar-refractivity contribution is 0.409. The monoisotopic (exact) mass is 239 g/mol. The van der Waals surface area contributed by atoms with Crippen LogP contribution in [0.5, 0.6) is 5.75 Å². The van der Waals surface area contributed by atoms with E-state index in [9.17, 15) is 0 Å². The standard InChI is InChI=1S/C13H21NOS/c1-4-10(2)16-13(9-14)11-7-5-6-8-12(11)15-3/h5-8,10,13H,4,9,14H2,1-3H3. The Balaban J connectivity index is 2.85. The summed E-state index contributed by atoms with van der Waals surface area (Å²) in [6, 6.07) is 8.13. The Morgan fingerprint density at radius 1 is 1.38 bits per heavy atom. The lowest BCUT2D eigenvalue weighted by Crippen LogP contribution is -2.13. The van der Waals surface area contributed by atoms with Crippen molar-refractivity contribution in [1.82, 2.24) is 0 Å². The van der Waals surface area contributed by atoms with Gasteiger partial charge < -0.3 is 10.5 Å². The normalized spacial score (nSPS) is 14.5. The number of hydrogen-bond acceptors (Lipinski definition) is 3. The van der Waals surface area contributed by atoms with Crippen molar-refractivity contribution in [3.05, 3.63) is 29.8 Å². The van der Waals surface area contributed by atoms with Gasteiger partial charge in [0.1, 0.15) is 5.75 Å². The average Bonchev–Trinajstić information content (AvgIpc) is 2.35. The molecule has 3 heteroatoms. The second kappa shape index (κ2) is 6.81. The predicted molar refractivity (Wildman–Crippen MR) is 72.1 cm³/mol. The van der Waals surface area contributed by atoms with E-state index in [4.69, 9.17) is 10.5 Å². The molecule has 0 saturated heterocycles. The molecule has 0 aromatic heterocycles. The molecule has 2 unspecified atom stereocenters. The van der Waals surface area contributed by atoms with Gasteiger partial charge in [-0.05, 0) is 12.5 Å². The molecule has 2 atom stereocenters. The fraction of sp³-hybridized carbons (Fsp3) is 0.538. The van der Waals surface area contributed by atoms with Gasteiger partial charge in [-0.3, -0.25) is 0 Å². The average molecular weight is 239 g/mol. The molecule has 1 rings (SSSR count). The Labute approximate surface area is 103 Å². The number of ether oxygens (including phenoxy) is 1. The molecule has 0 amide bonds. The van der Waals surface area contributed by atoms with Crippen LogP contribution in [0.4, 0.5) is 0 Å². The Hall–Kier alpha value is -0.670. The van der Waals surface area contributed by atoms with Crippen LogP contribution in [0.25, 0.3) is 0 Å². The Kier molecular flexibility index (Phi) is 5.71. The lowest BCUT2D eigenvalue weighted by atomic mass is 10.1. The minimum absolute atomic E-state index is 0.325. The molecule has 90 valence electrons. The van der Waals surface area contributed by atoms with Crippen LogP contribution >= 0.6 is 11.8 Å². The number of para-hydroxylation sites is 1. The molecule has 0 radical (unpaired) electrons. The molecule has 0 heterocycles. The van der Waals surface area contributed by atoms with Crippen molar-refractivity contribution in [2.24, 2.45) is 5.73 Å². The first-order chi connectivity index (χ1) is 7.72. The van der Waals surface area contributed by atoms with Crippen LogP contribution in [-0.2, 0) is 0 Å². The summed E-state index contributed by atoms with van der Waals surface area (Å²) >= 11 is 1.92. The van der Waals surface area contributed by atoms with Crippen LogP contribution in [0.2, 0.25) is 0 Å². The summed E-state index contributed by atoms with van der Waals surface area (Å²) < 4.78 is 5.37. The third-order valence-corrected chi connectivity index (χ3v) is 4.24. The van der Waals surface area contributed by atoms with Crippen molar-refractivity contribution >= 4 is 11.8 Å². The Morgan fingerprint density at radius 2 is 2.06 bits per heavy atom. The van der Waals surface area contributed by atoms with Crippen LogP contribution in [0.15, 0.2) is 24.3 Å². The van der Waals surface area contributed by atoms with Gasteiger partial charge in [-0.25, -0.2) is 0 Å². The van der Waals surface area contributed by atoms with Crippen LogP contribution in [0.1, 0.15) is 31.1 Å². The molecule has 0 spiro atoms. The van der Waals surface area contributed by atoms with Gasteiger partial charge in [0.15, 0.2) is 0 Å². The fourth-order valence-electron chi connectivity index (χ4n) is 1.56. The summed E-state index contributed by atoms with van der Waals surface area (Å²) in [5, 5.41) is 0.949. The highest BCUT2D eigenvalue weighted by atomic mass is 32.2. The maximum atomic E-state index is 5.85. The number of nitrogens with two attached hydrogens (primary N) is 1. The molecule has 16 heavy (non-hydrogen) atoms. The summed E-state index contributed by atoms with van der Waals surface area (Å²) in [4.78, 5) is 0. The highest BCUT2D eigenvalue weighted by Crippen LogP contribution is 2.37. The molecule has 0 aliphatic carbocycles. The van der Waals surface area contributed by atoms with Crippen molar-refractivity contribution in [3.63, 3.8) is 0 Å². The zero-order chi connectivity index (χ0) is 12.0. The third kappa shape index (κ3) is 3.42. The second-order valence-corrected chi connectivity index (χ2v) is 5.47. The number of hydrogen-bond donors (Lipinski definition) is 1. The van der Waals surface area contributed by atoms with E-state index >= 15 is 0 Å². The highest BCUT2D eigenvalue weighted by Gasteiger charge is 2.16. The van der Waals surface area contributed by atoms with Crippen molar-refractivity contribution in [2.45, 2.75) is 30.8 Å². The minimum atomic E-state index is 0.325. The Morgan fingerprint density at radius 3 is 2.62 bits per heavy atom. The largest absolute Gasteiger partial charge is 0.496 e. The maximum Gasteiger partial charge on any atom is 0.123 e. The van der Waals surface area contributed by atoms with Gasteiger partial charge >= 0.3 is 0 Å². The van der Waals surface area contributed by atoms with Crippen LogP contribution in [0, 0.1) is 0 Å². The number of thioether (sulfide) groups is 1. The van der Waals surface area contributed by atoms with Gasteiger partial charge in [0.05, 0.1) is 7.11 Å². The molecule has 0 bridgehead atoms. The summed E-state index contributed by atoms with van der Waals surface area (Å²) in [6.45, 7) is 5.09. The smallest absolute Gasteiger partial charge is 0.123 e. The molecule has 0 aliphatic heterocycles.